The smallest absolute Gasteiger partial charge is 0.408 e. The third-order valence-corrected chi connectivity index (χ3v) is 6.05. The van der Waals surface area contributed by atoms with Crippen molar-refractivity contribution >= 4 is 34.5 Å². The Morgan fingerprint density at radius 3 is 2.46 bits per heavy atom. The summed E-state index contributed by atoms with van der Waals surface area (Å²) < 4.78 is 6.67. The molecular formula is C28H32N8O5. The van der Waals surface area contributed by atoms with Crippen LogP contribution in [0.5, 0.6) is 0 Å². The number of amides is 2. The number of rotatable bonds is 6. The van der Waals surface area contributed by atoms with Gasteiger partial charge in [-0.3, -0.25) is 9.69 Å². The van der Waals surface area contributed by atoms with Crippen LogP contribution in [0.15, 0.2) is 35.0 Å². The second-order valence-electron chi connectivity index (χ2n) is 10.9. The molecule has 0 atom stereocenters. The number of pyridine rings is 1. The summed E-state index contributed by atoms with van der Waals surface area (Å²) in [5.74, 6) is 5.77. The van der Waals surface area contributed by atoms with Crippen molar-refractivity contribution in [1.82, 2.24) is 29.7 Å². The fourth-order valence-corrected chi connectivity index (χ4v) is 4.11. The van der Waals surface area contributed by atoms with Crippen LogP contribution in [0.2, 0.25) is 0 Å². The molecule has 13 heteroatoms. The van der Waals surface area contributed by atoms with E-state index in [9.17, 15) is 19.8 Å². The van der Waals surface area contributed by atoms with E-state index in [-0.39, 0.29) is 18.1 Å². The van der Waals surface area contributed by atoms with Crippen molar-refractivity contribution in [2.45, 2.75) is 59.2 Å². The molecule has 4 rings (SSSR count). The van der Waals surface area contributed by atoms with Crippen molar-refractivity contribution in [1.29, 1.82) is 0 Å². The third-order valence-electron chi connectivity index (χ3n) is 6.05. The first-order valence-electron chi connectivity index (χ1n) is 12.8. The molecule has 4 aromatic rings. The predicted octanol–water partition coefficient (Wildman–Crippen LogP) is 3.59. The standard InChI is InChI=1S/C28H32N8O5/c1-7-35-20-14-19(16-9-8-10-17(13-16)30-21(37)15-36(26(38)39)27(2,3)4)31-18(11-12-28(5,6)40)22(20)32-25(35)23-24(29)34-41-33-23/h8-10,13-14,40H,7,15H2,1-6H3,(H2,29,34)(H,30,37)(H,38,39). The first-order chi connectivity index (χ1) is 19.2. The summed E-state index contributed by atoms with van der Waals surface area (Å²) in [6.07, 6.45) is -1.19. The minimum absolute atomic E-state index is 0.0867. The Bertz CT molecular complexity index is 1680. The van der Waals surface area contributed by atoms with Gasteiger partial charge in [-0.2, -0.15) is 0 Å². The molecule has 2 amide bonds. The van der Waals surface area contributed by atoms with E-state index in [1.807, 2.05) is 23.6 Å². The topological polar surface area (TPSA) is 186 Å². The Kier molecular flexibility index (Phi) is 7.72. The van der Waals surface area contributed by atoms with E-state index in [4.69, 9.17) is 20.3 Å². The summed E-state index contributed by atoms with van der Waals surface area (Å²) in [5, 5.41) is 30.1. The van der Waals surface area contributed by atoms with Gasteiger partial charge in [0.1, 0.15) is 23.4 Å². The number of anilines is 2. The number of nitrogens with one attached hydrogen (secondary N) is 1. The van der Waals surface area contributed by atoms with Crippen LogP contribution in [0, 0.1) is 11.8 Å². The molecule has 0 radical (unpaired) electrons. The summed E-state index contributed by atoms with van der Waals surface area (Å²) in [6, 6.07) is 8.84. The molecule has 0 spiro atoms. The minimum atomic E-state index is -1.28. The van der Waals surface area contributed by atoms with E-state index < -0.39 is 23.1 Å². The Hall–Kier alpha value is -4.96. The summed E-state index contributed by atoms with van der Waals surface area (Å²) >= 11 is 0. The Morgan fingerprint density at radius 1 is 1.15 bits per heavy atom. The van der Waals surface area contributed by atoms with E-state index in [0.29, 0.717) is 46.0 Å². The van der Waals surface area contributed by atoms with Crippen LogP contribution in [0.4, 0.5) is 16.3 Å². The molecule has 0 saturated heterocycles. The van der Waals surface area contributed by atoms with Gasteiger partial charge in [-0.25, -0.2) is 19.4 Å². The van der Waals surface area contributed by atoms with Gasteiger partial charge in [0, 0.05) is 23.3 Å². The molecule has 0 aliphatic heterocycles. The van der Waals surface area contributed by atoms with Gasteiger partial charge in [0.15, 0.2) is 17.3 Å². The van der Waals surface area contributed by atoms with Gasteiger partial charge in [-0.05, 0) is 76.0 Å². The number of carbonyl (C=O) groups is 2. The zero-order valence-corrected chi connectivity index (χ0v) is 23.7. The number of aliphatic hydroxyl groups is 1. The maximum Gasteiger partial charge on any atom is 0.408 e. The molecule has 3 aromatic heterocycles. The summed E-state index contributed by atoms with van der Waals surface area (Å²) in [6.45, 7) is 10.4. The molecule has 0 aliphatic rings. The van der Waals surface area contributed by atoms with Crippen molar-refractivity contribution in [3.8, 4) is 34.6 Å². The SMILES string of the molecule is CCn1c(-c2nonc2N)nc2c(C#CC(C)(C)O)nc(-c3cccc(NC(=O)CN(C(=O)O)C(C)(C)C)c3)cc21. The normalized spacial score (nSPS) is 11.7. The highest BCUT2D eigenvalue weighted by Gasteiger charge is 2.28. The van der Waals surface area contributed by atoms with E-state index in [2.05, 4.69) is 27.5 Å². The van der Waals surface area contributed by atoms with E-state index in [0.717, 1.165) is 4.90 Å². The number of aromatic nitrogens is 5. The van der Waals surface area contributed by atoms with Gasteiger partial charge in [-0.15, -0.1) is 0 Å². The van der Waals surface area contributed by atoms with Gasteiger partial charge in [0.2, 0.25) is 5.91 Å². The van der Waals surface area contributed by atoms with Crippen molar-refractivity contribution in [2.24, 2.45) is 0 Å². The molecule has 0 saturated carbocycles. The van der Waals surface area contributed by atoms with Gasteiger partial charge in [0.25, 0.3) is 0 Å². The lowest BCUT2D eigenvalue weighted by atomic mass is 10.1. The average Bonchev–Trinajstić information content (AvgIpc) is 3.47. The molecule has 214 valence electrons. The highest BCUT2D eigenvalue weighted by Crippen LogP contribution is 2.31. The zero-order chi connectivity index (χ0) is 30.1. The molecule has 0 aliphatic carbocycles. The fourth-order valence-electron chi connectivity index (χ4n) is 4.11. The lowest BCUT2D eigenvalue weighted by molar-refractivity contribution is -0.118. The summed E-state index contributed by atoms with van der Waals surface area (Å²) in [4.78, 5) is 34.9. The average molecular weight is 561 g/mol. The number of carboxylic acid groups (broad SMARTS) is 1. The van der Waals surface area contributed by atoms with Crippen LogP contribution in [-0.2, 0) is 11.3 Å². The molecule has 1 aromatic carbocycles. The number of imidazole rings is 1. The monoisotopic (exact) mass is 560 g/mol. The van der Waals surface area contributed by atoms with Crippen LogP contribution < -0.4 is 11.1 Å². The highest BCUT2D eigenvalue weighted by atomic mass is 16.6. The molecule has 13 nitrogen and oxygen atoms in total. The van der Waals surface area contributed by atoms with Gasteiger partial charge >= 0.3 is 6.09 Å². The Balaban J connectivity index is 1.79. The quantitative estimate of drug-likeness (QED) is 0.254. The summed E-state index contributed by atoms with van der Waals surface area (Å²) in [5.41, 5.74) is 7.34. The second kappa shape index (κ2) is 10.9. The van der Waals surface area contributed by atoms with Crippen LogP contribution in [-0.4, -0.2) is 69.6 Å². The maximum atomic E-state index is 12.7. The largest absolute Gasteiger partial charge is 0.465 e. The van der Waals surface area contributed by atoms with Crippen LogP contribution in [0.25, 0.3) is 33.8 Å². The Morgan fingerprint density at radius 2 is 1.88 bits per heavy atom. The minimum Gasteiger partial charge on any atom is -0.465 e. The van der Waals surface area contributed by atoms with Gasteiger partial charge < -0.3 is 25.8 Å². The maximum absolute atomic E-state index is 12.7. The van der Waals surface area contributed by atoms with Crippen LogP contribution >= 0.6 is 0 Å². The number of nitrogens with zero attached hydrogens (tertiary/aromatic N) is 6. The molecule has 5 N–H and O–H groups in total. The van der Waals surface area contributed by atoms with Crippen molar-refractivity contribution in [2.75, 3.05) is 17.6 Å². The number of hydrogen-bond acceptors (Lipinski definition) is 9. The highest BCUT2D eigenvalue weighted by molar-refractivity contribution is 5.95. The number of benzene rings is 1. The molecule has 3 heterocycles. The van der Waals surface area contributed by atoms with Gasteiger partial charge in [-0.1, -0.05) is 18.1 Å². The Labute approximate surface area is 236 Å². The lowest BCUT2D eigenvalue weighted by Gasteiger charge is -2.32. The zero-order valence-electron chi connectivity index (χ0n) is 23.7. The molecule has 41 heavy (non-hydrogen) atoms. The number of carbonyl (C=O) groups excluding carboxylic acids is 1. The van der Waals surface area contributed by atoms with E-state index >= 15 is 0 Å². The van der Waals surface area contributed by atoms with Crippen LogP contribution in [0.3, 0.4) is 0 Å². The number of nitrogen functional groups attached to an aromatic ring is 1. The first kappa shape index (κ1) is 29.0. The predicted molar refractivity (Wildman–Crippen MR) is 153 cm³/mol. The summed E-state index contributed by atoms with van der Waals surface area (Å²) in [7, 11) is 0. The molecule has 0 fully saturated rings. The molecule has 0 bridgehead atoms. The molecule has 0 unspecified atom stereocenters. The van der Waals surface area contributed by atoms with E-state index in [1.165, 1.54) is 0 Å². The number of hydrogen-bond donors (Lipinski definition) is 4. The third kappa shape index (κ3) is 6.44. The van der Waals surface area contributed by atoms with Crippen molar-refractivity contribution in [3.63, 3.8) is 0 Å². The van der Waals surface area contributed by atoms with Gasteiger partial charge in [0.05, 0.1) is 11.2 Å². The van der Waals surface area contributed by atoms with E-state index in [1.54, 1.807) is 52.8 Å². The lowest BCUT2D eigenvalue weighted by Crippen LogP contribution is -2.48. The second-order valence-corrected chi connectivity index (χ2v) is 10.9. The first-order valence-corrected chi connectivity index (χ1v) is 12.8. The van der Waals surface area contributed by atoms with Crippen LogP contribution in [0.1, 0.15) is 47.2 Å². The molecular weight excluding hydrogens is 528 g/mol. The number of nitrogens with two attached hydrogens (primary N) is 1. The number of aryl methyl sites for hydroxylation is 1. The fraction of sp³-hybridized carbons (Fsp3) is 0.357. The number of fused-ring (bicyclic) bond motifs is 1. The van der Waals surface area contributed by atoms with Crippen molar-refractivity contribution in [3.05, 3.63) is 36.0 Å². The van der Waals surface area contributed by atoms with Crippen molar-refractivity contribution < 1.29 is 24.4 Å².